The Labute approximate surface area is 127 Å². The van der Waals surface area contributed by atoms with E-state index in [4.69, 9.17) is 0 Å². The molecule has 21 heavy (non-hydrogen) atoms. The van der Waals surface area contributed by atoms with Crippen LogP contribution in [0.4, 0.5) is 0 Å². The van der Waals surface area contributed by atoms with Crippen LogP contribution in [0, 0.1) is 6.92 Å². The lowest BCUT2D eigenvalue weighted by Crippen LogP contribution is -2.47. The molecular formula is C17H26N2O2. The zero-order valence-corrected chi connectivity index (χ0v) is 13.5. The average molecular weight is 290 g/mol. The second-order valence-electron chi connectivity index (χ2n) is 5.33. The first-order valence-electron chi connectivity index (χ1n) is 7.62. The van der Waals surface area contributed by atoms with E-state index in [0.29, 0.717) is 19.5 Å². The van der Waals surface area contributed by atoms with Crippen molar-refractivity contribution in [2.75, 3.05) is 6.54 Å². The number of aryl methyl sites for hydroxylation is 1. The first kappa shape index (κ1) is 17.2. The third kappa shape index (κ3) is 5.21. The molecule has 0 unspecified atom stereocenters. The summed E-state index contributed by atoms with van der Waals surface area (Å²) in [6.45, 7) is 8.70. The largest absolute Gasteiger partial charge is 0.355 e. The number of hydrogen-bond donors (Lipinski definition) is 1. The second-order valence-corrected chi connectivity index (χ2v) is 5.33. The van der Waals surface area contributed by atoms with Gasteiger partial charge in [0.25, 0.3) is 0 Å². The number of benzene rings is 1. The van der Waals surface area contributed by atoms with Crippen molar-refractivity contribution in [1.29, 1.82) is 0 Å². The van der Waals surface area contributed by atoms with Crippen molar-refractivity contribution in [2.24, 2.45) is 0 Å². The molecule has 0 aliphatic rings. The van der Waals surface area contributed by atoms with Crippen molar-refractivity contribution in [3.05, 3.63) is 35.4 Å². The number of nitrogens with one attached hydrogen (secondary N) is 1. The summed E-state index contributed by atoms with van der Waals surface area (Å²) in [4.78, 5) is 26.0. The van der Waals surface area contributed by atoms with Gasteiger partial charge in [0.2, 0.25) is 11.8 Å². The molecule has 0 saturated heterocycles. The zero-order valence-electron chi connectivity index (χ0n) is 13.5. The standard InChI is InChI=1S/C17H26N2O2/c1-5-7-16(20)19(14(4)17(21)18-6-2)12-15-10-8-13(3)9-11-15/h8-11,14H,5-7,12H2,1-4H3,(H,18,21)/t14-/m0/s1. The molecule has 0 radical (unpaired) electrons. The summed E-state index contributed by atoms with van der Waals surface area (Å²) < 4.78 is 0. The van der Waals surface area contributed by atoms with E-state index in [0.717, 1.165) is 12.0 Å². The van der Waals surface area contributed by atoms with E-state index < -0.39 is 6.04 Å². The SMILES string of the molecule is CCCC(=O)N(Cc1ccc(C)cc1)[C@@H](C)C(=O)NCC. The van der Waals surface area contributed by atoms with Crippen molar-refractivity contribution in [3.63, 3.8) is 0 Å². The van der Waals surface area contributed by atoms with Crippen molar-refractivity contribution in [1.82, 2.24) is 10.2 Å². The summed E-state index contributed by atoms with van der Waals surface area (Å²) in [5, 5.41) is 2.78. The highest BCUT2D eigenvalue weighted by molar-refractivity contribution is 5.87. The first-order chi connectivity index (χ1) is 9.99. The molecule has 1 aromatic carbocycles. The van der Waals surface area contributed by atoms with E-state index in [1.807, 2.05) is 45.0 Å². The molecule has 1 rings (SSSR count). The van der Waals surface area contributed by atoms with Gasteiger partial charge < -0.3 is 10.2 Å². The van der Waals surface area contributed by atoms with Crippen LogP contribution in [-0.2, 0) is 16.1 Å². The van der Waals surface area contributed by atoms with Crippen LogP contribution in [0.25, 0.3) is 0 Å². The van der Waals surface area contributed by atoms with Crippen LogP contribution < -0.4 is 5.32 Å². The Bertz CT molecular complexity index is 468. The fourth-order valence-corrected chi connectivity index (χ4v) is 2.15. The normalized spacial score (nSPS) is 11.8. The molecule has 1 N–H and O–H groups in total. The van der Waals surface area contributed by atoms with E-state index in [-0.39, 0.29) is 11.8 Å². The summed E-state index contributed by atoms with van der Waals surface area (Å²) >= 11 is 0. The lowest BCUT2D eigenvalue weighted by atomic mass is 10.1. The molecule has 0 bridgehead atoms. The molecular weight excluding hydrogens is 264 g/mol. The number of carbonyl (C=O) groups is 2. The van der Waals surface area contributed by atoms with Gasteiger partial charge in [-0.1, -0.05) is 36.8 Å². The average Bonchev–Trinajstić information content (AvgIpc) is 2.46. The quantitative estimate of drug-likeness (QED) is 0.839. The van der Waals surface area contributed by atoms with Gasteiger partial charge in [-0.15, -0.1) is 0 Å². The summed E-state index contributed by atoms with van der Waals surface area (Å²) in [7, 11) is 0. The molecule has 1 aromatic rings. The van der Waals surface area contributed by atoms with Gasteiger partial charge in [0.05, 0.1) is 0 Å². The Morgan fingerprint density at radius 1 is 1.19 bits per heavy atom. The summed E-state index contributed by atoms with van der Waals surface area (Å²) in [6, 6.07) is 7.60. The smallest absolute Gasteiger partial charge is 0.242 e. The molecule has 0 spiro atoms. The fourth-order valence-electron chi connectivity index (χ4n) is 2.15. The maximum Gasteiger partial charge on any atom is 0.242 e. The van der Waals surface area contributed by atoms with Crippen molar-refractivity contribution in [2.45, 2.75) is 53.1 Å². The highest BCUT2D eigenvalue weighted by atomic mass is 16.2. The Balaban J connectivity index is 2.88. The Morgan fingerprint density at radius 2 is 1.81 bits per heavy atom. The molecule has 0 saturated carbocycles. The monoisotopic (exact) mass is 290 g/mol. The van der Waals surface area contributed by atoms with E-state index in [1.165, 1.54) is 5.56 Å². The highest BCUT2D eigenvalue weighted by Gasteiger charge is 2.24. The van der Waals surface area contributed by atoms with Gasteiger partial charge >= 0.3 is 0 Å². The number of nitrogens with zero attached hydrogens (tertiary/aromatic N) is 1. The Hall–Kier alpha value is -1.84. The fraction of sp³-hybridized carbons (Fsp3) is 0.529. The van der Waals surface area contributed by atoms with Crippen LogP contribution in [-0.4, -0.2) is 29.3 Å². The highest BCUT2D eigenvalue weighted by Crippen LogP contribution is 2.12. The van der Waals surface area contributed by atoms with Gasteiger partial charge in [-0.05, 0) is 32.8 Å². The molecule has 116 valence electrons. The lowest BCUT2D eigenvalue weighted by molar-refractivity contribution is -0.140. The van der Waals surface area contributed by atoms with Gasteiger partial charge in [-0.3, -0.25) is 9.59 Å². The van der Waals surface area contributed by atoms with E-state index >= 15 is 0 Å². The topological polar surface area (TPSA) is 49.4 Å². The maximum absolute atomic E-state index is 12.3. The molecule has 1 atom stereocenters. The third-order valence-corrected chi connectivity index (χ3v) is 3.46. The van der Waals surface area contributed by atoms with Gasteiger partial charge in [0, 0.05) is 19.5 Å². The van der Waals surface area contributed by atoms with Crippen LogP contribution in [0.2, 0.25) is 0 Å². The van der Waals surface area contributed by atoms with Crippen LogP contribution in [0.5, 0.6) is 0 Å². The number of carbonyl (C=O) groups excluding carboxylic acids is 2. The predicted octanol–water partition coefficient (Wildman–Crippen LogP) is 2.65. The lowest BCUT2D eigenvalue weighted by Gasteiger charge is -2.28. The predicted molar refractivity (Wildman–Crippen MR) is 84.8 cm³/mol. The first-order valence-corrected chi connectivity index (χ1v) is 7.62. The maximum atomic E-state index is 12.3. The minimum absolute atomic E-state index is 0.0248. The summed E-state index contributed by atoms with van der Waals surface area (Å²) in [5.41, 5.74) is 2.23. The van der Waals surface area contributed by atoms with Gasteiger partial charge in [0.15, 0.2) is 0 Å². The molecule has 0 fully saturated rings. The summed E-state index contributed by atoms with van der Waals surface area (Å²) in [5.74, 6) is -0.0779. The van der Waals surface area contributed by atoms with E-state index in [2.05, 4.69) is 5.32 Å². The molecule has 4 heteroatoms. The molecule has 0 aliphatic heterocycles. The van der Waals surface area contributed by atoms with Crippen LogP contribution in [0.3, 0.4) is 0 Å². The van der Waals surface area contributed by atoms with Crippen molar-refractivity contribution < 1.29 is 9.59 Å². The number of likely N-dealkylation sites (N-methyl/N-ethyl adjacent to an activating group) is 1. The molecule has 2 amide bonds. The van der Waals surface area contributed by atoms with Gasteiger partial charge in [-0.2, -0.15) is 0 Å². The van der Waals surface area contributed by atoms with Crippen LogP contribution in [0.1, 0.15) is 44.7 Å². The van der Waals surface area contributed by atoms with Gasteiger partial charge in [0.1, 0.15) is 6.04 Å². The molecule has 4 nitrogen and oxygen atoms in total. The van der Waals surface area contributed by atoms with Crippen LogP contribution in [0.15, 0.2) is 24.3 Å². The zero-order chi connectivity index (χ0) is 15.8. The summed E-state index contributed by atoms with van der Waals surface area (Å²) in [6.07, 6.45) is 1.25. The van der Waals surface area contributed by atoms with E-state index in [9.17, 15) is 9.59 Å². The Kier molecular flexibility index (Phi) is 6.92. The number of rotatable bonds is 7. The van der Waals surface area contributed by atoms with Crippen molar-refractivity contribution >= 4 is 11.8 Å². The van der Waals surface area contributed by atoms with Crippen LogP contribution >= 0.6 is 0 Å². The molecule has 0 aliphatic carbocycles. The molecule has 0 aromatic heterocycles. The minimum atomic E-state index is -0.453. The minimum Gasteiger partial charge on any atom is -0.355 e. The third-order valence-electron chi connectivity index (χ3n) is 3.46. The van der Waals surface area contributed by atoms with Crippen molar-refractivity contribution in [3.8, 4) is 0 Å². The Morgan fingerprint density at radius 3 is 2.33 bits per heavy atom. The second kappa shape index (κ2) is 8.45. The number of hydrogen-bond acceptors (Lipinski definition) is 2. The number of amides is 2. The van der Waals surface area contributed by atoms with E-state index in [1.54, 1.807) is 11.8 Å². The van der Waals surface area contributed by atoms with Gasteiger partial charge in [-0.25, -0.2) is 0 Å². The molecule has 0 heterocycles.